The molecular weight excluding hydrogens is 176 g/mol. The van der Waals surface area contributed by atoms with E-state index in [-0.39, 0.29) is 11.6 Å². The Kier molecular flexibility index (Phi) is 1.82. The first kappa shape index (κ1) is 9.75. The Morgan fingerprint density at radius 1 is 1.43 bits per heavy atom. The van der Waals surface area contributed by atoms with Crippen molar-refractivity contribution in [2.75, 3.05) is 0 Å². The van der Waals surface area contributed by atoms with Crippen LogP contribution < -0.4 is 0 Å². The molecule has 0 aromatic carbocycles. The molecule has 14 heavy (non-hydrogen) atoms. The molecule has 3 atom stereocenters. The normalized spacial score (nSPS) is 42.9. The van der Waals surface area contributed by atoms with Crippen molar-refractivity contribution in [2.24, 2.45) is 17.3 Å². The zero-order chi connectivity index (χ0) is 10.6. The molecule has 0 aromatic rings. The lowest BCUT2D eigenvalue weighted by Gasteiger charge is -2.60. The van der Waals surface area contributed by atoms with E-state index in [9.17, 15) is 4.79 Å². The highest BCUT2D eigenvalue weighted by Gasteiger charge is 2.58. The van der Waals surface area contributed by atoms with E-state index >= 15 is 0 Å². The third-order valence-electron chi connectivity index (χ3n) is 4.06. The van der Waals surface area contributed by atoms with Gasteiger partial charge in [-0.2, -0.15) is 0 Å². The molecule has 3 aliphatic rings. The Labute approximate surface area is 85.3 Å². The van der Waals surface area contributed by atoms with Crippen molar-refractivity contribution >= 4 is 5.97 Å². The lowest BCUT2D eigenvalue weighted by atomic mass is 9.47. The van der Waals surface area contributed by atoms with Crippen molar-refractivity contribution in [3.63, 3.8) is 0 Å². The van der Waals surface area contributed by atoms with Crippen LogP contribution in [-0.4, -0.2) is 11.6 Å². The van der Waals surface area contributed by atoms with E-state index in [1.807, 2.05) is 6.92 Å². The van der Waals surface area contributed by atoms with Crippen molar-refractivity contribution in [1.82, 2.24) is 0 Å². The molecule has 3 aliphatic carbocycles. The second-order valence-electron chi connectivity index (χ2n) is 5.35. The van der Waals surface area contributed by atoms with Gasteiger partial charge in [0.25, 0.3) is 0 Å². The number of carbonyl (C=O) groups is 1. The molecule has 0 N–H and O–H groups in total. The van der Waals surface area contributed by atoms with E-state index in [1.165, 1.54) is 6.92 Å². The van der Waals surface area contributed by atoms with Gasteiger partial charge in [-0.05, 0) is 30.8 Å². The number of fused-ring (bicyclic) bond motifs is 1. The van der Waals surface area contributed by atoms with E-state index in [0.29, 0.717) is 17.3 Å². The first-order valence-electron chi connectivity index (χ1n) is 5.25. The molecule has 0 radical (unpaired) electrons. The van der Waals surface area contributed by atoms with Crippen molar-refractivity contribution < 1.29 is 9.53 Å². The van der Waals surface area contributed by atoms with Gasteiger partial charge in [-0.3, -0.25) is 4.79 Å². The van der Waals surface area contributed by atoms with Gasteiger partial charge in [-0.1, -0.05) is 19.9 Å². The topological polar surface area (TPSA) is 26.3 Å². The summed E-state index contributed by atoms with van der Waals surface area (Å²) >= 11 is 0. The van der Waals surface area contributed by atoms with Crippen molar-refractivity contribution in [3.8, 4) is 0 Å². The molecule has 0 aliphatic heterocycles. The largest absolute Gasteiger partial charge is 0.455 e. The Hall–Kier alpha value is -0.790. The van der Waals surface area contributed by atoms with Crippen LogP contribution >= 0.6 is 0 Å². The molecule has 2 nitrogen and oxygen atoms in total. The van der Waals surface area contributed by atoms with Gasteiger partial charge in [0.1, 0.15) is 5.60 Å². The monoisotopic (exact) mass is 194 g/mol. The predicted octanol–water partition coefficient (Wildman–Crippen LogP) is 2.54. The standard InChI is InChI=1S/C12H18O2/c1-8(13)14-12(4)6-5-9-7-10(12)11(9,2)3/h5-6,9-10H,7H2,1-4H3/t9-,10+,12?/m1/s1. The molecule has 2 bridgehead atoms. The number of rotatable bonds is 1. The molecule has 0 saturated heterocycles. The number of hydrogen-bond donors (Lipinski definition) is 0. The highest BCUT2D eigenvalue weighted by molar-refractivity contribution is 5.67. The summed E-state index contributed by atoms with van der Waals surface area (Å²) in [6.07, 6.45) is 5.44. The number of allylic oxidation sites excluding steroid dienone is 1. The number of carbonyl (C=O) groups excluding carboxylic acids is 1. The fourth-order valence-corrected chi connectivity index (χ4v) is 3.10. The van der Waals surface area contributed by atoms with Crippen LogP contribution in [0.5, 0.6) is 0 Å². The van der Waals surface area contributed by atoms with E-state index in [0.717, 1.165) is 6.42 Å². The van der Waals surface area contributed by atoms with Crippen LogP contribution in [-0.2, 0) is 9.53 Å². The van der Waals surface area contributed by atoms with Crippen LogP contribution in [0.1, 0.15) is 34.1 Å². The van der Waals surface area contributed by atoms with Gasteiger partial charge < -0.3 is 4.74 Å². The average Bonchev–Trinajstić information content (AvgIpc) is 2.00. The van der Waals surface area contributed by atoms with Crippen LogP contribution in [0.25, 0.3) is 0 Å². The molecule has 0 aromatic heterocycles. The minimum absolute atomic E-state index is 0.182. The fraction of sp³-hybridized carbons (Fsp3) is 0.750. The second kappa shape index (κ2) is 2.62. The Morgan fingerprint density at radius 3 is 2.50 bits per heavy atom. The lowest BCUT2D eigenvalue weighted by molar-refractivity contribution is -0.178. The van der Waals surface area contributed by atoms with Gasteiger partial charge >= 0.3 is 5.97 Å². The minimum Gasteiger partial charge on any atom is -0.455 e. The molecule has 1 unspecified atom stereocenters. The van der Waals surface area contributed by atoms with Gasteiger partial charge in [0.2, 0.25) is 0 Å². The van der Waals surface area contributed by atoms with Crippen LogP contribution in [0.4, 0.5) is 0 Å². The summed E-state index contributed by atoms with van der Waals surface area (Å²) in [5.41, 5.74) is -0.0803. The molecule has 1 fully saturated rings. The molecule has 78 valence electrons. The van der Waals surface area contributed by atoms with Crippen molar-refractivity contribution in [1.29, 1.82) is 0 Å². The van der Waals surface area contributed by atoms with E-state index in [4.69, 9.17) is 4.74 Å². The quantitative estimate of drug-likeness (QED) is 0.473. The molecule has 0 spiro atoms. The maximum absolute atomic E-state index is 11.0. The number of ether oxygens (including phenoxy) is 1. The first-order valence-corrected chi connectivity index (χ1v) is 5.25. The summed E-state index contributed by atoms with van der Waals surface area (Å²) in [6.45, 7) is 8.03. The van der Waals surface area contributed by atoms with E-state index < -0.39 is 0 Å². The van der Waals surface area contributed by atoms with E-state index in [1.54, 1.807) is 0 Å². The smallest absolute Gasteiger partial charge is 0.303 e. The maximum atomic E-state index is 11.0. The summed E-state index contributed by atoms with van der Waals surface area (Å²) in [4.78, 5) is 11.0. The predicted molar refractivity (Wildman–Crippen MR) is 54.7 cm³/mol. The molecule has 3 rings (SSSR count). The average molecular weight is 194 g/mol. The number of hydrogen-bond acceptors (Lipinski definition) is 2. The summed E-state index contributed by atoms with van der Waals surface area (Å²) in [5.74, 6) is 0.975. The highest BCUT2D eigenvalue weighted by Crippen LogP contribution is 2.60. The molecule has 1 saturated carbocycles. The van der Waals surface area contributed by atoms with Crippen molar-refractivity contribution in [3.05, 3.63) is 12.2 Å². The zero-order valence-electron chi connectivity index (χ0n) is 9.33. The van der Waals surface area contributed by atoms with Crippen LogP contribution in [0.15, 0.2) is 12.2 Å². The summed E-state index contributed by atoms with van der Waals surface area (Å²) in [6, 6.07) is 0. The molecule has 0 amide bonds. The summed E-state index contributed by atoms with van der Waals surface area (Å²) in [7, 11) is 0. The van der Waals surface area contributed by atoms with Gasteiger partial charge in [-0.15, -0.1) is 0 Å². The highest BCUT2D eigenvalue weighted by atomic mass is 16.6. The van der Waals surface area contributed by atoms with Gasteiger partial charge in [0.05, 0.1) is 0 Å². The Morgan fingerprint density at radius 2 is 2.07 bits per heavy atom. The minimum atomic E-state index is -0.371. The van der Waals surface area contributed by atoms with Crippen molar-refractivity contribution in [2.45, 2.75) is 39.7 Å². The second-order valence-corrected chi connectivity index (χ2v) is 5.35. The van der Waals surface area contributed by atoms with Crippen LogP contribution in [0.3, 0.4) is 0 Å². The first-order chi connectivity index (χ1) is 6.36. The third-order valence-corrected chi connectivity index (χ3v) is 4.06. The lowest BCUT2D eigenvalue weighted by Crippen LogP contribution is -2.58. The fourth-order valence-electron chi connectivity index (χ4n) is 3.10. The van der Waals surface area contributed by atoms with Crippen LogP contribution in [0, 0.1) is 17.3 Å². The van der Waals surface area contributed by atoms with Crippen LogP contribution in [0.2, 0.25) is 0 Å². The molecule has 2 heteroatoms. The molecule has 0 heterocycles. The Balaban J connectivity index is 2.26. The SMILES string of the molecule is CC(=O)OC1(C)C=C[C@@H]2C[C@H]1C2(C)C. The van der Waals surface area contributed by atoms with Gasteiger partial charge in [0, 0.05) is 12.8 Å². The van der Waals surface area contributed by atoms with Gasteiger partial charge in [0.15, 0.2) is 0 Å². The van der Waals surface area contributed by atoms with E-state index in [2.05, 4.69) is 26.0 Å². The summed E-state index contributed by atoms with van der Waals surface area (Å²) in [5, 5.41) is 0. The summed E-state index contributed by atoms with van der Waals surface area (Å²) < 4.78 is 5.44. The zero-order valence-corrected chi connectivity index (χ0v) is 9.33. The third kappa shape index (κ3) is 1.13. The molecular formula is C12H18O2. The maximum Gasteiger partial charge on any atom is 0.303 e. The Bertz CT molecular complexity index is 303. The van der Waals surface area contributed by atoms with Gasteiger partial charge in [-0.25, -0.2) is 0 Å². The number of esters is 1.